The second kappa shape index (κ2) is 35.7. The first-order valence-electron chi connectivity index (χ1n) is 20.5. The van der Waals surface area contributed by atoms with Crippen LogP contribution >= 0.6 is 0 Å². The van der Waals surface area contributed by atoms with Crippen molar-refractivity contribution in [1.29, 1.82) is 0 Å². The molecule has 0 aliphatic carbocycles. The van der Waals surface area contributed by atoms with Gasteiger partial charge in [0.25, 0.3) is 10.1 Å². The van der Waals surface area contributed by atoms with E-state index in [0.717, 1.165) is 44.8 Å². The number of hydrogen-bond donors (Lipinski definition) is 0. The third-order valence-electron chi connectivity index (χ3n) is 9.17. The summed E-state index contributed by atoms with van der Waals surface area (Å²) in [5.41, 5.74) is 0. The fourth-order valence-electron chi connectivity index (χ4n) is 6.10. The third-order valence-corrected chi connectivity index (χ3v) is 9.73. The Morgan fingerprint density at radius 3 is 1.04 bits per heavy atom. The van der Waals surface area contributed by atoms with Crippen molar-refractivity contribution >= 4 is 22.1 Å². The van der Waals surface area contributed by atoms with Gasteiger partial charge in [-0.1, -0.05) is 194 Å². The van der Waals surface area contributed by atoms with E-state index in [2.05, 4.69) is 13.8 Å². The molecule has 0 aliphatic heterocycles. The zero-order valence-electron chi connectivity index (χ0n) is 31.9. The quantitative estimate of drug-likeness (QED) is 0.0359. The molecule has 0 radical (unpaired) electrons. The van der Waals surface area contributed by atoms with E-state index in [1.165, 1.54) is 154 Å². The predicted octanol–water partition coefficient (Wildman–Crippen LogP) is 11.9. The smallest absolute Gasteiger partial charge is 0.306 e. The second-order valence-corrected chi connectivity index (χ2v) is 15.8. The van der Waals surface area contributed by atoms with Gasteiger partial charge >= 0.3 is 11.9 Å². The predicted molar refractivity (Wildman–Crippen MR) is 201 cm³/mol. The molecule has 0 aromatic rings. The van der Waals surface area contributed by atoms with E-state index < -0.39 is 22.2 Å². The standard InChI is InChI=1S/C40H78O7S/c1-4-6-8-10-12-14-16-18-20-22-24-26-28-30-32-34-39(41)45-36-38(37-46-48(3,43)44)47-40(42)35-33-31-29-27-25-23-21-19-17-15-13-11-9-7-5-2/h38H,4-37H2,1-3H3. The van der Waals surface area contributed by atoms with Gasteiger partial charge in [-0.3, -0.25) is 13.8 Å². The minimum Gasteiger partial charge on any atom is -0.462 e. The molecule has 0 saturated heterocycles. The average Bonchev–Trinajstić information content (AvgIpc) is 3.05. The molecule has 1 atom stereocenters. The summed E-state index contributed by atoms with van der Waals surface area (Å²) in [6.07, 6.45) is 38.3. The van der Waals surface area contributed by atoms with Crippen LogP contribution < -0.4 is 0 Å². The summed E-state index contributed by atoms with van der Waals surface area (Å²) in [6, 6.07) is 0. The fraction of sp³-hybridized carbons (Fsp3) is 0.950. The van der Waals surface area contributed by atoms with E-state index in [1.54, 1.807) is 0 Å². The first-order valence-corrected chi connectivity index (χ1v) is 22.3. The minimum atomic E-state index is -3.71. The van der Waals surface area contributed by atoms with Crippen LogP contribution in [0.1, 0.15) is 219 Å². The Kier molecular flexibility index (Phi) is 34.8. The van der Waals surface area contributed by atoms with Crippen molar-refractivity contribution < 1.29 is 31.7 Å². The molecule has 0 aliphatic rings. The Morgan fingerprint density at radius 2 is 0.729 bits per heavy atom. The van der Waals surface area contributed by atoms with Crippen molar-refractivity contribution in [2.24, 2.45) is 0 Å². The molecule has 7 nitrogen and oxygen atoms in total. The highest BCUT2D eigenvalue weighted by molar-refractivity contribution is 7.85. The number of ether oxygens (including phenoxy) is 2. The van der Waals surface area contributed by atoms with Gasteiger partial charge in [0.1, 0.15) is 13.2 Å². The van der Waals surface area contributed by atoms with Crippen LogP contribution in [0.3, 0.4) is 0 Å². The van der Waals surface area contributed by atoms with Crippen LogP contribution in [0.25, 0.3) is 0 Å². The normalized spacial score (nSPS) is 12.3. The van der Waals surface area contributed by atoms with Gasteiger partial charge in [-0.25, -0.2) is 0 Å². The molecule has 0 aromatic carbocycles. The van der Waals surface area contributed by atoms with Crippen molar-refractivity contribution in [3.63, 3.8) is 0 Å². The van der Waals surface area contributed by atoms with Gasteiger partial charge in [-0.05, 0) is 12.8 Å². The summed E-state index contributed by atoms with van der Waals surface area (Å²) in [7, 11) is -3.71. The van der Waals surface area contributed by atoms with E-state index in [1.807, 2.05) is 0 Å². The summed E-state index contributed by atoms with van der Waals surface area (Å²) in [5.74, 6) is -0.766. The maximum absolute atomic E-state index is 12.4. The molecule has 286 valence electrons. The number of carbonyl (C=O) groups is 2. The highest BCUT2D eigenvalue weighted by Gasteiger charge is 2.19. The summed E-state index contributed by atoms with van der Waals surface area (Å²) in [6.45, 7) is 3.97. The molecule has 48 heavy (non-hydrogen) atoms. The lowest BCUT2D eigenvalue weighted by molar-refractivity contribution is -0.161. The SMILES string of the molecule is CCCCCCCCCCCCCCCCCC(=O)OCC(COS(C)(=O)=O)OC(=O)CCCCCCCCCCCCCCCCC. The number of rotatable bonds is 38. The highest BCUT2D eigenvalue weighted by atomic mass is 32.2. The lowest BCUT2D eigenvalue weighted by atomic mass is 10.0. The highest BCUT2D eigenvalue weighted by Crippen LogP contribution is 2.16. The third kappa shape index (κ3) is 37.7. The van der Waals surface area contributed by atoms with Crippen molar-refractivity contribution in [3.8, 4) is 0 Å². The van der Waals surface area contributed by atoms with Crippen molar-refractivity contribution in [3.05, 3.63) is 0 Å². The summed E-state index contributed by atoms with van der Waals surface area (Å²) in [5, 5.41) is 0. The maximum atomic E-state index is 12.4. The van der Waals surface area contributed by atoms with Gasteiger partial charge in [-0.2, -0.15) is 8.42 Å². The lowest BCUT2D eigenvalue weighted by Gasteiger charge is -2.17. The van der Waals surface area contributed by atoms with E-state index >= 15 is 0 Å². The molecule has 0 bridgehead atoms. The molecule has 0 N–H and O–H groups in total. The van der Waals surface area contributed by atoms with Gasteiger partial charge in [0.15, 0.2) is 6.10 Å². The van der Waals surface area contributed by atoms with Crippen LogP contribution in [0.15, 0.2) is 0 Å². The Balaban J connectivity index is 3.88. The molecular formula is C40H78O7S. The Morgan fingerprint density at radius 1 is 0.438 bits per heavy atom. The van der Waals surface area contributed by atoms with Crippen molar-refractivity contribution in [1.82, 2.24) is 0 Å². The summed E-state index contributed by atoms with van der Waals surface area (Å²) in [4.78, 5) is 24.7. The van der Waals surface area contributed by atoms with Crippen LogP contribution in [0.2, 0.25) is 0 Å². The molecule has 0 rings (SSSR count). The zero-order valence-corrected chi connectivity index (χ0v) is 32.7. The van der Waals surface area contributed by atoms with Gasteiger partial charge in [-0.15, -0.1) is 0 Å². The van der Waals surface area contributed by atoms with Crippen molar-refractivity contribution in [2.75, 3.05) is 19.5 Å². The Bertz CT molecular complexity index is 814. The maximum Gasteiger partial charge on any atom is 0.306 e. The first-order chi connectivity index (χ1) is 23.3. The Labute approximate surface area is 297 Å². The molecule has 0 aromatic heterocycles. The summed E-state index contributed by atoms with van der Waals surface area (Å²) < 4.78 is 38.6. The largest absolute Gasteiger partial charge is 0.462 e. The molecule has 0 fully saturated rings. The molecule has 1 unspecified atom stereocenters. The topological polar surface area (TPSA) is 96.0 Å². The van der Waals surface area contributed by atoms with Crippen LogP contribution in [0.5, 0.6) is 0 Å². The lowest BCUT2D eigenvalue weighted by Crippen LogP contribution is -2.30. The fourth-order valence-corrected chi connectivity index (χ4v) is 6.50. The summed E-state index contributed by atoms with van der Waals surface area (Å²) >= 11 is 0. The van der Waals surface area contributed by atoms with E-state index in [4.69, 9.17) is 13.7 Å². The Hall–Kier alpha value is -1.15. The molecule has 0 heterocycles. The average molecular weight is 703 g/mol. The van der Waals surface area contributed by atoms with Crippen LogP contribution in [0, 0.1) is 0 Å². The second-order valence-electron chi connectivity index (χ2n) is 14.2. The number of unbranched alkanes of at least 4 members (excludes halogenated alkanes) is 28. The number of esters is 2. The van der Waals surface area contributed by atoms with Crippen LogP contribution in [0.4, 0.5) is 0 Å². The molecule has 0 saturated carbocycles. The van der Waals surface area contributed by atoms with Gasteiger partial charge in [0, 0.05) is 12.8 Å². The zero-order chi connectivity index (χ0) is 35.4. The van der Waals surface area contributed by atoms with Gasteiger partial charge in [0.05, 0.1) is 6.26 Å². The van der Waals surface area contributed by atoms with E-state index in [-0.39, 0.29) is 25.6 Å². The van der Waals surface area contributed by atoms with Crippen molar-refractivity contribution in [2.45, 2.75) is 225 Å². The van der Waals surface area contributed by atoms with Crippen LogP contribution in [-0.4, -0.2) is 45.9 Å². The molecule has 0 spiro atoms. The monoisotopic (exact) mass is 703 g/mol. The first kappa shape index (κ1) is 46.9. The number of carbonyl (C=O) groups excluding carboxylic acids is 2. The van der Waals surface area contributed by atoms with E-state index in [9.17, 15) is 18.0 Å². The van der Waals surface area contributed by atoms with Crippen LogP contribution in [-0.2, 0) is 33.4 Å². The number of hydrogen-bond acceptors (Lipinski definition) is 7. The minimum absolute atomic E-state index is 0.197. The van der Waals surface area contributed by atoms with E-state index in [0.29, 0.717) is 6.42 Å². The van der Waals surface area contributed by atoms with Gasteiger partial charge in [0.2, 0.25) is 0 Å². The van der Waals surface area contributed by atoms with Gasteiger partial charge < -0.3 is 9.47 Å². The molecule has 8 heteroatoms. The molecular weight excluding hydrogens is 624 g/mol. The molecule has 0 amide bonds.